The molecule has 0 bridgehead atoms. The summed E-state index contributed by atoms with van der Waals surface area (Å²) in [5.41, 5.74) is 4.77. The second-order valence-corrected chi connectivity index (χ2v) is 8.12. The molecule has 0 N–H and O–H groups in total. The summed E-state index contributed by atoms with van der Waals surface area (Å²) >= 11 is 1.43. The summed E-state index contributed by atoms with van der Waals surface area (Å²) in [5.74, 6) is -0.394. The highest BCUT2D eigenvalue weighted by atomic mass is 32.2. The van der Waals surface area contributed by atoms with E-state index in [0.717, 1.165) is 21.8 Å². The second kappa shape index (κ2) is 9.94. The fraction of sp³-hybridized carbons (Fsp3) is 0.455. The van der Waals surface area contributed by atoms with E-state index in [1.165, 1.54) is 17.3 Å². The summed E-state index contributed by atoms with van der Waals surface area (Å²) in [6.45, 7) is 10.3. The standard InChI is InChI=1S/C22H29NO4S/c1-14-7-8-21(15(2)9-14)28-13-22(25)27-12-20(24)19-10-16(3)23(18(19)5)17(4)11-26-6/h7-10,17H,11-13H2,1-6H3/t17-/m0/s1. The monoisotopic (exact) mass is 403 g/mol. The number of carbonyl (C=O) groups is 2. The molecule has 0 spiro atoms. The summed E-state index contributed by atoms with van der Waals surface area (Å²) in [4.78, 5) is 25.7. The Kier molecular flexibility index (Phi) is 7.89. The Morgan fingerprint density at radius 3 is 2.50 bits per heavy atom. The predicted octanol–water partition coefficient (Wildman–Crippen LogP) is 4.45. The number of esters is 1. The number of Topliss-reactive ketones (excluding diaryl/α,β-unsaturated/α-hetero) is 1. The molecule has 1 heterocycles. The fourth-order valence-electron chi connectivity index (χ4n) is 3.42. The average molecular weight is 404 g/mol. The number of carbonyl (C=O) groups excluding carboxylic acids is 2. The minimum Gasteiger partial charge on any atom is -0.457 e. The zero-order valence-electron chi connectivity index (χ0n) is 17.5. The van der Waals surface area contributed by atoms with Crippen LogP contribution in [0.15, 0.2) is 29.2 Å². The van der Waals surface area contributed by atoms with E-state index in [4.69, 9.17) is 9.47 Å². The maximum Gasteiger partial charge on any atom is 0.316 e. The number of ether oxygens (including phenoxy) is 2. The van der Waals surface area contributed by atoms with Crippen LogP contribution in [0.2, 0.25) is 0 Å². The Hall–Kier alpha value is -2.05. The number of methoxy groups -OCH3 is 1. The SMILES string of the molecule is COC[C@H](C)n1c(C)cc(C(=O)COC(=O)CSc2ccc(C)cc2C)c1C. The average Bonchev–Trinajstić information content (AvgIpc) is 2.93. The number of nitrogens with zero attached hydrogens (tertiary/aromatic N) is 1. The number of hydrogen-bond acceptors (Lipinski definition) is 5. The van der Waals surface area contributed by atoms with Crippen LogP contribution in [-0.4, -0.2) is 42.4 Å². The topological polar surface area (TPSA) is 57.5 Å². The van der Waals surface area contributed by atoms with Crippen LogP contribution in [0, 0.1) is 27.7 Å². The Morgan fingerprint density at radius 2 is 1.86 bits per heavy atom. The number of rotatable bonds is 9. The van der Waals surface area contributed by atoms with Crippen molar-refractivity contribution in [3.63, 3.8) is 0 Å². The third kappa shape index (κ3) is 5.49. The molecule has 0 aliphatic heterocycles. The Balaban J connectivity index is 1.93. The third-order valence-corrected chi connectivity index (χ3v) is 5.82. The maximum atomic E-state index is 12.6. The number of benzene rings is 1. The fourth-order valence-corrected chi connectivity index (χ4v) is 4.22. The molecule has 152 valence electrons. The summed E-state index contributed by atoms with van der Waals surface area (Å²) < 4.78 is 12.5. The van der Waals surface area contributed by atoms with E-state index < -0.39 is 0 Å². The first-order valence-electron chi connectivity index (χ1n) is 9.30. The van der Waals surface area contributed by atoms with Crippen molar-refractivity contribution in [2.75, 3.05) is 26.1 Å². The van der Waals surface area contributed by atoms with Gasteiger partial charge in [-0.1, -0.05) is 17.7 Å². The number of aryl methyl sites for hydroxylation is 3. The van der Waals surface area contributed by atoms with Crippen LogP contribution in [0.4, 0.5) is 0 Å². The molecular weight excluding hydrogens is 374 g/mol. The highest BCUT2D eigenvalue weighted by molar-refractivity contribution is 8.00. The molecule has 6 heteroatoms. The van der Waals surface area contributed by atoms with Crippen molar-refractivity contribution < 1.29 is 19.1 Å². The zero-order chi connectivity index (χ0) is 20.8. The van der Waals surface area contributed by atoms with Crippen molar-refractivity contribution in [2.24, 2.45) is 0 Å². The van der Waals surface area contributed by atoms with Gasteiger partial charge >= 0.3 is 5.97 Å². The zero-order valence-corrected chi connectivity index (χ0v) is 18.3. The van der Waals surface area contributed by atoms with E-state index in [1.54, 1.807) is 7.11 Å². The molecule has 2 aromatic rings. The van der Waals surface area contributed by atoms with Crippen LogP contribution in [0.5, 0.6) is 0 Å². The van der Waals surface area contributed by atoms with Crippen LogP contribution in [0.3, 0.4) is 0 Å². The van der Waals surface area contributed by atoms with Gasteiger partial charge < -0.3 is 14.0 Å². The lowest BCUT2D eigenvalue weighted by atomic mass is 10.1. The lowest BCUT2D eigenvalue weighted by Crippen LogP contribution is -2.17. The van der Waals surface area contributed by atoms with Crippen LogP contribution in [-0.2, 0) is 14.3 Å². The van der Waals surface area contributed by atoms with E-state index in [9.17, 15) is 9.59 Å². The van der Waals surface area contributed by atoms with Gasteiger partial charge in [0.15, 0.2) is 6.61 Å². The van der Waals surface area contributed by atoms with Gasteiger partial charge in [-0.2, -0.15) is 0 Å². The van der Waals surface area contributed by atoms with Gasteiger partial charge in [0, 0.05) is 29.0 Å². The number of ketones is 1. The summed E-state index contributed by atoms with van der Waals surface area (Å²) in [6, 6.07) is 8.08. The smallest absolute Gasteiger partial charge is 0.316 e. The molecule has 0 saturated carbocycles. The minimum atomic E-state index is -0.389. The van der Waals surface area contributed by atoms with Gasteiger partial charge in [-0.25, -0.2) is 0 Å². The van der Waals surface area contributed by atoms with Crippen molar-refractivity contribution in [3.8, 4) is 0 Å². The van der Waals surface area contributed by atoms with Crippen molar-refractivity contribution in [2.45, 2.75) is 45.6 Å². The first-order valence-corrected chi connectivity index (χ1v) is 10.3. The van der Waals surface area contributed by atoms with Crippen LogP contribution >= 0.6 is 11.8 Å². The number of thioether (sulfide) groups is 1. The molecule has 0 aliphatic carbocycles. The van der Waals surface area contributed by atoms with Gasteiger partial charge in [-0.15, -0.1) is 11.8 Å². The third-order valence-electron chi connectivity index (χ3n) is 4.67. The lowest BCUT2D eigenvalue weighted by Gasteiger charge is -2.17. The first kappa shape index (κ1) is 22.2. The minimum absolute atomic E-state index is 0.128. The molecule has 5 nitrogen and oxygen atoms in total. The van der Waals surface area contributed by atoms with E-state index in [2.05, 4.69) is 10.6 Å². The normalized spacial score (nSPS) is 12.1. The molecular formula is C22H29NO4S. The van der Waals surface area contributed by atoms with Crippen molar-refractivity contribution in [1.29, 1.82) is 0 Å². The quantitative estimate of drug-likeness (QED) is 0.352. The van der Waals surface area contributed by atoms with E-state index in [0.29, 0.717) is 12.2 Å². The number of aromatic nitrogens is 1. The van der Waals surface area contributed by atoms with Gasteiger partial charge in [0.2, 0.25) is 5.78 Å². The molecule has 0 saturated heterocycles. The van der Waals surface area contributed by atoms with Crippen molar-refractivity contribution in [3.05, 3.63) is 52.3 Å². The molecule has 0 amide bonds. The number of hydrogen-bond donors (Lipinski definition) is 0. The molecule has 0 radical (unpaired) electrons. The summed E-state index contributed by atoms with van der Waals surface area (Å²) in [5, 5.41) is 0. The van der Waals surface area contributed by atoms with E-state index >= 15 is 0 Å². The highest BCUT2D eigenvalue weighted by Crippen LogP contribution is 2.24. The largest absolute Gasteiger partial charge is 0.457 e. The first-order chi connectivity index (χ1) is 13.2. The Labute approximate surface area is 171 Å². The highest BCUT2D eigenvalue weighted by Gasteiger charge is 2.20. The predicted molar refractivity (Wildman–Crippen MR) is 112 cm³/mol. The van der Waals surface area contributed by atoms with Crippen molar-refractivity contribution >= 4 is 23.5 Å². The molecule has 0 aliphatic rings. The van der Waals surface area contributed by atoms with Gasteiger partial charge in [-0.05, 0) is 52.3 Å². The van der Waals surface area contributed by atoms with Crippen LogP contribution < -0.4 is 0 Å². The maximum absolute atomic E-state index is 12.6. The molecule has 1 atom stereocenters. The van der Waals surface area contributed by atoms with E-state index in [-0.39, 0.29) is 30.2 Å². The Bertz CT molecular complexity index is 856. The van der Waals surface area contributed by atoms with Gasteiger partial charge in [0.1, 0.15) is 0 Å². The molecule has 1 aromatic heterocycles. The van der Waals surface area contributed by atoms with Gasteiger partial charge in [0.05, 0.1) is 18.4 Å². The van der Waals surface area contributed by atoms with Gasteiger partial charge in [0.25, 0.3) is 0 Å². The van der Waals surface area contributed by atoms with E-state index in [1.807, 2.05) is 52.8 Å². The molecule has 0 unspecified atom stereocenters. The summed E-state index contributed by atoms with van der Waals surface area (Å²) in [7, 11) is 1.66. The molecule has 28 heavy (non-hydrogen) atoms. The molecule has 2 rings (SSSR count). The molecule has 0 fully saturated rings. The van der Waals surface area contributed by atoms with Crippen LogP contribution in [0.25, 0.3) is 0 Å². The molecule has 1 aromatic carbocycles. The van der Waals surface area contributed by atoms with Gasteiger partial charge in [-0.3, -0.25) is 9.59 Å². The summed E-state index contributed by atoms with van der Waals surface area (Å²) in [6.07, 6.45) is 0. The van der Waals surface area contributed by atoms with Crippen LogP contribution in [0.1, 0.15) is 45.8 Å². The Morgan fingerprint density at radius 1 is 1.14 bits per heavy atom. The second-order valence-electron chi connectivity index (χ2n) is 7.10. The van der Waals surface area contributed by atoms with Crippen molar-refractivity contribution in [1.82, 2.24) is 4.57 Å². The lowest BCUT2D eigenvalue weighted by molar-refractivity contribution is -0.139.